The van der Waals surface area contributed by atoms with Gasteiger partial charge in [-0.2, -0.15) is 0 Å². The Hall–Kier alpha value is -1.84. The van der Waals surface area contributed by atoms with E-state index in [1.54, 1.807) is 12.1 Å². The number of methoxy groups -OCH3 is 2. The van der Waals surface area contributed by atoms with Crippen molar-refractivity contribution in [3.05, 3.63) is 34.9 Å². The second-order valence-electron chi connectivity index (χ2n) is 4.46. The van der Waals surface area contributed by atoms with Crippen LogP contribution in [0.5, 0.6) is 0 Å². The molecule has 0 unspecified atom stereocenters. The lowest BCUT2D eigenvalue weighted by Crippen LogP contribution is -2.12. The SMILES string of the molecule is COC(=O)c1ccc(CC(C)C)cc1C(=O)OC. The van der Waals surface area contributed by atoms with Crippen LogP contribution in [0.2, 0.25) is 0 Å². The third-order valence-electron chi connectivity index (χ3n) is 2.54. The Morgan fingerprint density at radius 1 is 1.06 bits per heavy atom. The minimum atomic E-state index is -0.536. The van der Waals surface area contributed by atoms with Gasteiger partial charge in [-0.15, -0.1) is 0 Å². The maximum atomic E-state index is 11.7. The van der Waals surface area contributed by atoms with E-state index in [-0.39, 0.29) is 11.1 Å². The minimum absolute atomic E-state index is 0.233. The maximum Gasteiger partial charge on any atom is 0.338 e. The van der Waals surface area contributed by atoms with Gasteiger partial charge >= 0.3 is 11.9 Å². The van der Waals surface area contributed by atoms with Gasteiger partial charge in [0.25, 0.3) is 0 Å². The fraction of sp³-hybridized carbons (Fsp3) is 0.429. The summed E-state index contributed by atoms with van der Waals surface area (Å²) in [4.78, 5) is 23.2. The molecule has 0 radical (unpaired) electrons. The Bertz CT molecular complexity index is 449. The summed E-state index contributed by atoms with van der Waals surface area (Å²) in [5.74, 6) is -0.591. The summed E-state index contributed by atoms with van der Waals surface area (Å²) in [6.45, 7) is 4.18. The van der Waals surface area contributed by atoms with E-state index in [0.29, 0.717) is 5.92 Å². The van der Waals surface area contributed by atoms with Crippen LogP contribution in [-0.2, 0) is 15.9 Å². The second kappa shape index (κ2) is 6.19. The molecule has 0 bridgehead atoms. The van der Waals surface area contributed by atoms with Crippen LogP contribution in [0.1, 0.15) is 40.1 Å². The molecule has 4 nitrogen and oxygen atoms in total. The van der Waals surface area contributed by atoms with Gasteiger partial charge < -0.3 is 9.47 Å². The molecule has 0 fully saturated rings. The molecule has 1 aromatic carbocycles. The molecule has 98 valence electrons. The van der Waals surface area contributed by atoms with Gasteiger partial charge in [-0.25, -0.2) is 9.59 Å². The highest BCUT2D eigenvalue weighted by atomic mass is 16.5. The summed E-state index contributed by atoms with van der Waals surface area (Å²) in [6.07, 6.45) is 0.839. The fourth-order valence-corrected chi connectivity index (χ4v) is 1.76. The molecule has 0 atom stereocenters. The van der Waals surface area contributed by atoms with Gasteiger partial charge in [0.15, 0.2) is 0 Å². The van der Waals surface area contributed by atoms with E-state index in [4.69, 9.17) is 0 Å². The van der Waals surface area contributed by atoms with Gasteiger partial charge in [0.2, 0.25) is 0 Å². The van der Waals surface area contributed by atoms with E-state index >= 15 is 0 Å². The zero-order valence-corrected chi connectivity index (χ0v) is 11.1. The van der Waals surface area contributed by atoms with E-state index in [9.17, 15) is 9.59 Å². The first-order valence-electron chi connectivity index (χ1n) is 5.79. The fourth-order valence-electron chi connectivity index (χ4n) is 1.76. The minimum Gasteiger partial charge on any atom is -0.465 e. The summed E-state index contributed by atoms with van der Waals surface area (Å²) >= 11 is 0. The topological polar surface area (TPSA) is 52.6 Å². The van der Waals surface area contributed by atoms with Gasteiger partial charge in [-0.1, -0.05) is 19.9 Å². The largest absolute Gasteiger partial charge is 0.465 e. The molecule has 0 saturated carbocycles. The highest BCUT2D eigenvalue weighted by Gasteiger charge is 2.18. The lowest BCUT2D eigenvalue weighted by atomic mass is 9.98. The number of esters is 2. The monoisotopic (exact) mass is 250 g/mol. The highest BCUT2D eigenvalue weighted by Crippen LogP contribution is 2.17. The van der Waals surface area contributed by atoms with Crippen molar-refractivity contribution in [2.75, 3.05) is 14.2 Å². The number of carbonyl (C=O) groups excluding carboxylic acids is 2. The quantitative estimate of drug-likeness (QED) is 0.770. The second-order valence-corrected chi connectivity index (χ2v) is 4.46. The lowest BCUT2D eigenvalue weighted by molar-refractivity contribution is 0.0555. The van der Waals surface area contributed by atoms with Crippen LogP contribution in [0.3, 0.4) is 0 Å². The van der Waals surface area contributed by atoms with Gasteiger partial charge in [-0.05, 0) is 30.0 Å². The molecule has 0 spiro atoms. The summed E-state index contributed by atoms with van der Waals surface area (Å²) in [5, 5.41) is 0. The number of rotatable bonds is 4. The first-order chi connectivity index (χ1) is 8.49. The normalized spacial score (nSPS) is 10.3. The third-order valence-corrected chi connectivity index (χ3v) is 2.54. The number of ether oxygens (including phenoxy) is 2. The van der Waals surface area contributed by atoms with E-state index in [0.717, 1.165) is 12.0 Å². The first kappa shape index (κ1) is 14.2. The van der Waals surface area contributed by atoms with Crippen molar-refractivity contribution in [1.29, 1.82) is 0 Å². The Morgan fingerprint density at radius 3 is 2.11 bits per heavy atom. The highest BCUT2D eigenvalue weighted by molar-refractivity contribution is 6.03. The molecular weight excluding hydrogens is 232 g/mol. The van der Waals surface area contributed by atoms with Gasteiger partial charge in [0.05, 0.1) is 25.3 Å². The van der Waals surface area contributed by atoms with Crippen LogP contribution >= 0.6 is 0 Å². The Kier molecular flexibility index (Phi) is 4.89. The van der Waals surface area contributed by atoms with E-state index in [2.05, 4.69) is 23.3 Å². The predicted molar refractivity (Wildman–Crippen MR) is 67.7 cm³/mol. The van der Waals surface area contributed by atoms with Gasteiger partial charge in [0.1, 0.15) is 0 Å². The average molecular weight is 250 g/mol. The zero-order valence-electron chi connectivity index (χ0n) is 11.1. The average Bonchev–Trinajstić information content (AvgIpc) is 2.36. The van der Waals surface area contributed by atoms with E-state index < -0.39 is 11.9 Å². The van der Waals surface area contributed by atoms with Crippen LogP contribution in [0.4, 0.5) is 0 Å². The molecule has 0 heterocycles. The van der Waals surface area contributed by atoms with Crippen molar-refractivity contribution in [2.45, 2.75) is 20.3 Å². The number of carbonyl (C=O) groups is 2. The Labute approximate surface area is 107 Å². The molecule has 0 aliphatic heterocycles. The van der Waals surface area contributed by atoms with Crippen molar-refractivity contribution in [3.63, 3.8) is 0 Å². The van der Waals surface area contributed by atoms with Crippen molar-refractivity contribution in [3.8, 4) is 0 Å². The first-order valence-corrected chi connectivity index (χ1v) is 5.79. The van der Waals surface area contributed by atoms with Crippen LogP contribution in [0, 0.1) is 5.92 Å². The summed E-state index contributed by atoms with van der Waals surface area (Å²) in [5.41, 5.74) is 1.48. The molecule has 0 aromatic heterocycles. The molecule has 0 amide bonds. The maximum absolute atomic E-state index is 11.7. The number of hydrogen-bond donors (Lipinski definition) is 0. The van der Waals surface area contributed by atoms with Crippen molar-refractivity contribution >= 4 is 11.9 Å². The molecular formula is C14H18O4. The van der Waals surface area contributed by atoms with Crippen LogP contribution in [-0.4, -0.2) is 26.2 Å². The van der Waals surface area contributed by atoms with Crippen LogP contribution in [0.15, 0.2) is 18.2 Å². The van der Waals surface area contributed by atoms with E-state index in [1.165, 1.54) is 14.2 Å². The molecule has 1 aromatic rings. The van der Waals surface area contributed by atoms with Crippen molar-refractivity contribution in [2.24, 2.45) is 5.92 Å². The van der Waals surface area contributed by atoms with Crippen LogP contribution < -0.4 is 0 Å². The lowest BCUT2D eigenvalue weighted by Gasteiger charge is -2.10. The number of benzene rings is 1. The molecule has 0 aliphatic rings. The molecule has 1 rings (SSSR count). The molecule has 18 heavy (non-hydrogen) atoms. The molecule has 0 saturated heterocycles. The van der Waals surface area contributed by atoms with Crippen LogP contribution in [0.25, 0.3) is 0 Å². The molecule has 0 N–H and O–H groups in total. The molecule has 0 aliphatic carbocycles. The summed E-state index contributed by atoms with van der Waals surface area (Å²) in [7, 11) is 2.57. The van der Waals surface area contributed by atoms with E-state index in [1.807, 2.05) is 6.07 Å². The zero-order chi connectivity index (χ0) is 13.7. The van der Waals surface area contributed by atoms with Crippen molar-refractivity contribution < 1.29 is 19.1 Å². The van der Waals surface area contributed by atoms with Crippen molar-refractivity contribution in [1.82, 2.24) is 0 Å². The third kappa shape index (κ3) is 3.32. The van der Waals surface area contributed by atoms with Gasteiger partial charge in [-0.3, -0.25) is 0 Å². The smallest absolute Gasteiger partial charge is 0.338 e. The Balaban J connectivity index is 3.20. The predicted octanol–water partition coefficient (Wildman–Crippen LogP) is 2.46. The summed E-state index contributed by atoms with van der Waals surface area (Å²) in [6, 6.07) is 5.13. The summed E-state index contributed by atoms with van der Waals surface area (Å²) < 4.78 is 9.33. The van der Waals surface area contributed by atoms with Gasteiger partial charge in [0, 0.05) is 0 Å². The number of hydrogen-bond acceptors (Lipinski definition) is 4. The standard InChI is InChI=1S/C14H18O4/c1-9(2)7-10-5-6-11(13(15)17-3)12(8-10)14(16)18-4/h5-6,8-9H,7H2,1-4H3. The Morgan fingerprint density at radius 2 is 1.61 bits per heavy atom. The molecule has 4 heteroatoms.